The number of hydrogen-bond acceptors (Lipinski definition) is 0. The third-order valence-electron chi connectivity index (χ3n) is 5.13. The summed E-state index contributed by atoms with van der Waals surface area (Å²) in [6.07, 6.45) is 15.4. The summed E-state index contributed by atoms with van der Waals surface area (Å²) in [6, 6.07) is 11.2. The van der Waals surface area contributed by atoms with Crippen LogP contribution in [-0.4, -0.2) is 0 Å². The normalized spacial score (nSPS) is 14.0. The second kappa shape index (κ2) is 12.7. The maximum atomic E-state index is 2.40. The Morgan fingerprint density at radius 2 is 1.36 bits per heavy atom. The zero-order chi connectivity index (χ0) is 16.0. The van der Waals surface area contributed by atoms with E-state index in [0.717, 1.165) is 11.8 Å². The minimum atomic E-state index is 0.783. The molecule has 1 aromatic rings. The predicted octanol–water partition coefficient (Wildman–Crippen LogP) is 7.74. The lowest BCUT2D eigenvalue weighted by Crippen LogP contribution is -2.02. The molecular formula is C22H38. The molecule has 0 aliphatic carbocycles. The quantitative estimate of drug-likeness (QED) is 0.327. The Balaban J connectivity index is 2.32. The van der Waals surface area contributed by atoms with E-state index in [1.807, 2.05) is 0 Å². The lowest BCUT2D eigenvalue weighted by Gasteiger charge is -2.19. The number of hydrogen-bond donors (Lipinski definition) is 0. The van der Waals surface area contributed by atoms with Crippen LogP contribution < -0.4 is 0 Å². The van der Waals surface area contributed by atoms with E-state index in [1.165, 1.54) is 70.6 Å². The Labute approximate surface area is 139 Å². The summed E-state index contributed by atoms with van der Waals surface area (Å²) < 4.78 is 0. The molecule has 0 saturated heterocycles. The van der Waals surface area contributed by atoms with Gasteiger partial charge in [0.25, 0.3) is 0 Å². The molecule has 126 valence electrons. The van der Waals surface area contributed by atoms with Gasteiger partial charge in [-0.05, 0) is 30.2 Å². The molecule has 0 heterocycles. The van der Waals surface area contributed by atoms with E-state index in [0.29, 0.717) is 0 Å². The molecule has 0 aliphatic heterocycles. The van der Waals surface area contributed by atoms with Gasteiger partial charge in [-0.3, -0.25) is 0 Å². The lowest BCUT2D eigenvalue weighted by molar-refractivity contribution is 0.435. The van der Waals surface area contributed by atoms with E-state index < -0.39 is 0 Å². The molecule has 0 aromatic heterocycles. The minimum Gasteiger partial charge on any atom is -0.0654 e. The molecule has 0 saturated carbocycles. The molecule has 0 aliphatic rings. The van der Waals surface area contributed by atoms with Crippen LogP contribution in [0.2, 0.25) is 0 Å². The topological polar surface area (TPSA) is 0 Å². The van der Waals surface area contributed by atoms with Crippen LogP contribution in [0.4, 0.5) is 0 Å². The molecule has 0 fully saturated rings. The van der Waals surface area contributed by atoms with Crippen molar-refractivity contribution in [3.05, 3.63) is 35.9 Å². The molecule has 22 heavy (non-hydrogen) atoms. The Bertz CT molecular complexity index is 340. The van der Waals surface area contributed by atoms with Gasteiger partial charge in [-0.25, -0.2) is 0 Å². The van der Waals surface area contributed by atoms with Crippen LogP contribution in [0.15, 0.2) is 30.3 Å². The van der Waals surface area contributed by atoms with Gasteiger partial charge < -0.3 is 0 Å². The van der Waals surface area contributed by atoms with Gasteiger partial charge in [-0.1, -0.05) is 109 Å². The van der Waals surface area contributed by atoms with Crippen LogP contribution in [0, 0.1) is 5.92 Å². The van der Waals surface area contributed by atoms with Crippen molar-refractivity contribution < 1.29 is 0 Å². The second-order valence-corrected chi connectivity index (χ2v) is 7.11. The number of rotatable bonds is 13. The van der Waals surface area contributed by atoms with Crippen LogP contribution in [0.25, 0.3) is 0 Å². The monoisotopic (exact) mass is 302 g/mol. The van der Waals surface area contributed by atoms with E-state index in [-0.39, 0.29) is 0 Å². The molecule has 0 nitrogen and oxygen atoms in total. The molecular weight excluding hydrogens is 264 g/mol. The highest BCUT2D eigenvalue weighted by Gasteiger charge is 2.12. The molecule has 2 unspecified atom stereocenters. The average Bonchev–Trinajstić information content (AvgIpc) is 2.57. The van der Waals surface area contributed by atoms with Crippen molar-refractivity contribution in [3.8, 4) is 0 Å². The Morgan fingerprint density at radius 1 is 0.727 bits per heavy atom. The van der Waals surface area contributed by atoms with Crippen LogP contribution in [0.1, 0.15) is 103 Å². The Hall–Kier alpha value is -0.780. The first-order chi connectivity index (χ1) is 10.8. The van der Waals surface area contributed by atoms with E-state index in [9.17, 15) is 0 Å². The highest BCUT2D eigenvalue weighted by molar-refractivity contribution is 5.19. The van der Waals surface area contributed by atoms with Crippen LogP contribution in [0.3, 0.4) is 0 Å². The van der Waals surface area contributed by atoms with Crippen LogP contribution >= 0.6 is 0 Å². The van der Waals surface area contributed by atoms with E-state index in [1.54, 1.807) is 5.56 Å². The van der Waals surface area contributed by atoms with E-state index in [2.05, 4.69) is 51.1 Å². The Morgan fingerprint density at radius 3 is 2.00 bits per heavy atom. The zero-order valence-electron chi connectivity index (χ0n) is 15.3. The molecule has 0 spiro atoms. The van der Waals surface area contributed by atoms with E-state index >= 15 is 0 Å². The maximum Gasteiger partial charge on any atom is -0.0162 e. The standard InChI is InChI=1S/C22H38/c1-4-6-7-8-9-10-12-17-22(19-18-20(3)5-2)21-15-13-11-14-16-21/h11,13-16,20,22H,4-10,12,17-19H2,1-3H3. The largest absolute Gasteiger partial charge is 0.0654 e. The van der Waals surface area contributed by atoms with Crippen molar-refractivity contribution in [3.63, 3.8) is 0 Å². The molecule has 0 bridgehead atoms. The summed E-state index contributed by atoms with van der Waals surface area (Å²) in [6.45, 7) is 7.01. The van der Waals surface area contributed by atoms with Crippen LogP contribution in [-0.2, 0) is 0 Å². The van der Waals surface area contributed by atoms with Gasteiger partial charge in [0.05, 0.1) is 0 Å². The zero-order valence-corrected chi connectivity index (χ0v) is 15.3. The molecule has 1 rings (SSSR count). The minimum absolute atomic E-state index is 0.783. The molecule has 2 atom stereocenters. The van der Waals surface area contributed by atoms with Crippen molar-refractivity contribution >= 4 is 0 Å². The second-order valence-electron chi connectivity index (χ2n) is 7.11. The smallest absolute Gasteiger partial charge is 0.0162 e. The van der Waals surface area contributed by atoms with Gasteiger partial charge in [0.2, 0.25) is 0 Å². The first-order valence-electron chi connectivity index (χ1n) is 9.82. The molecule has 0 amide bonds. The third kappa shape index (κ3) is 8.61. The third-order valence-corrected chi connectivity index (χ3v) is 5.13. The predicted molar refractivity (Wildman–Crippen MR) is 100 cm³/mol. The van der Waals surface area contributed by atoms with E-state index in [4.69, 9.17) is 0 Å². The summed E-state index contributed by atoms with van der Waals surface area (Å²) in [5.41, 5.74) is 1.57. The average molecular weight is 303 g/mol. The maximum absolute atomic E-state index is 2.40. The molecule has 0 radical (unpaired) electrons. The fraction of sp³-hybridized carbons (Fsp3) is 0.727. The summed E-state index contributed by atoms with van der Waals surface area (Å²) >= 11 is 0. The summed E-state index contributed by atoms with van der Waals surface area (Å²) in [7, 11) is 0. The van der Waals surface area contributed by atoms with Crippen molar-refractivity contribution in [2.24, 2.45) is 5.92 Å². The van der Waals surface area contributed by atoms with Crippen molar-refractivity contribution in [2.45, 2.75) is 97.3 Å². The van der Waals surface area contributed by atoms with Gasteiger partial charge in [0, 0.05) is 0 Å². The molecule has 0 N–H and O–H groups in total. The van der Waals surface area contributed by atoms with Gasteiger partial charge in [-0.2, -0.15) is 0 Å². The highest BCUT2D eigenvalue weighted by Crippen LogP contribution is 2.29. The van der Waals surface area contributed by atoms with Crippen molar-refractivity contribution in [1.82, 2.24) is 0 Å². The molecule has 0 heteroatoms. The fourth-order valence-electron chi connectivity index (χ4n) is 3.24. The number of benzene rings is 1. The van der Waals surface area contributed by atoms with Gasteiger partial charge >= 0.3 is 0 Å². The number of unbranched alkanes of at least 4 members (excludes halogenated alkanes) is 6. The summed E-state index contributed by atoms with van der Waals surface area (Å²) in [4.78, 5) is 0. The highest BCUT2D eigenvalue weighted by atomic mass is 14.2. The first kappa shape index (κ1) is 19.3. The summed E-state index contributed by atoms with van der Waals surface area (Å²) in [5, 5.41) is 0. The van der Waals surface area contributed by atoms with Gasteiger partial charge in [-0.15, -0.1) is 0 Å². The van der Waals surface area contributed by atoms with Crippen molar-refractivity contribution in [2.75, 3.05) is 0 Å². The van der Waals surface area contributed by atoms with Crippen LogP contribution in [0.5, 0.6) is 0 Å². The van der Waals surface area contributed by atoms with Gasteiger partial charge in [0.15, 0.2) is 0 Å². The lowest BCUT2D eigenvalue weighted by atomic mass is 9.86. The Kier molecular flexibility index (Phi) is 11.2. The molecule has 1 aromatic carbocycles. The summed E-state index contributed by atoms with van der Waals surface area (Å²) in [5.74, 6) is 1.66. The first-order valence-corrected chi connectivity index (χ1v) is 9.82. The SMILES string of the molecule is CCCCCCCCCC(CCC(C)CC)c1ccccc1. The van der Waals surface area contributed by atoms with Crippen molar-refractivity contribution in [1.29, 1.82) is 0 Å². The van der Waals surface area contributed by atoms with Gasteiger partial charge in [0.1, 0.15) is 0 Å². The fourth-order valence-corrected chi connectivity index (χ4v) is 3.24.